The summed E-state index contributed by atoms with van der Waals surface area (Å²) in [6, 6.07) is 14.4. The number of aliphatic hydroxyl groups is 1. The van der Waals surface area contributed by atoms with Crippen LogP contribution in [0.5, 0.6) is 5.75 Å². The average Bonchev–Trinajstić information content (AvgIpc) is 2.63. The van der Waals surface area contributed by atoms with Gasteiger partial charge in [-0.3, -0.25) is 4.31 Å². The molecule has 2 N–H and O–H groups in total. The van der Waals surface area contributed by atoms with Gasteiger partial charge in [0.25, 0.3) is 0 Å². The molecule has 0 unspecified atom stereocenters. The molecule has 0 aliphatic rings. The SMILES string of the molecule is CN(c1ccc(OC[C@H](O)CNCCc2cccc(Cl)c2)cc1)S(C)(=O)=O. The summed E-state index contributed by atoms with van der Waals surface area (Å²) in [6.45, 7) is 1.28. The van der Waals surface area contributed by atoms with Crippen molar-refractivity contribution in [2.75, 3.05) is 37.3 Å². The van der Waals surface area contributed by atoms with E-state index in [9.17, 15) is 13.5 Å². The molecule has 6 nitrogen and oxygen atoms in total. The van der Waals surface area contributed by atoms with E-state index in [0.29, 0.717) is 18.0 Å². The van der Waals surface area contributed by atoms with Crippen LogP contribution in [-0.4, -0.2) is 52.6 Å². The summed E-state index contributed by atoms with van der Waals surface area (Å²) in [5.41, 5.74) is 1.69. The zero-order valence-electron chi connectivity index (χ0n) is 15.4. The van der Waals surface area contributed by atoms with Gasteiger partial charge in [0, 0.05) is 18.6 Å². The highest BCUT2D eigenvalue weighted by molar-refractivity contribution is 7.92. The Morgan fingerprint density at radius 2 is 1.93 bits per heavy atom. The van der Waals surface area contributed by atoms with E-state index in [0.717, 1.165) is 29.8 Å². The maximum Gasteiger partial charge on any atom is 0.231 e. The van der Waals surface area contributed by atoms with Crippen LogP contribution in [-0.2, 0) is 16.4 Å². The topological polar surface area (TPSA) is 78.9 Å². The molecule has 27 heavy (non-hydrogen) atoms. The van der Waals surface area contributed by atoms with Crippen molar-refractivity contribution >= 4 is 27.3 Å². The van der Waals surface area contributed by atoms with E-state index >= 15 is 0 Å². The number of hydrogen-bond acceptors (Lipinski definition) is 5. The molecule has 0 radical (unpaired) electrons. The molecule has 0 aliphatic heterocycles. The molecule has 8 heteroatoms. The van der Waals surface area contributed by atoms with E-state index in [2.05, 4.69) is 5.32 Å². The molecule has 2 aromatic rings. The van der Waals surface area contributed by atoms with Gasteiger partial charge in [0.05, 0.1) is 11.9 Å². The van der Waals surface area contributed by atoms with E-state index in [1.54, 1.807) is 24.3 Å². The van der Waals surface area contributed by atoms with E-state index in [4.69, 9.17) is 16.3 Å². The second-order valence-electron chi connectivity index (χ2n) is 6.27. The zero-order valence-corrected chi connectivity index (χ0v) is 17.0. The van der Waals surface area contributed by atoms with Crippen LogP contribution in [0.25, 0.3) is 0 Å². The van der Waals surface area contributed by atoms with Crippen molar-refractivity contribution in [3.63, 3.8) is 0 Å². The number of nitrogens with zero attached hydrogens (tertiary/aromatic N) is 1. The van der Waals surface area contributed by atoms with Crippen molar-refractivity contribution in [3.05, 3.63) is 59.1 Å². The molecule has 2 aromatic carbocycles. The van der Waals surface area contributed by atoms with Crippen LogP contribution in [0, 0.1) is 0 Å². The van der Waals surface area contributed by atoms with Crippen LogP contribution in [0.4, 0.5) is 5.69 Å². The second-order valence-corrected chi connectivity index (χ2v) is 8.72. The Kier molecular flexibility index (Phi) is 7.91. The molecule has 2 rings (SSSR count). The van der Waals surface area contributed by atoms with E-state index in [1.165, 1.54) is 11.4 Å². The van der Waals surface area contributed by atoms with Gasteiger partial charge < -0.3 is 15.2 Å². The van der Waals surface area contributed by atoms with Crippen molar-refractivity contribution in [2.45, 2.75) is 12.5 Å². The molecule has 0 fully saturated rings. The maximum atomic E-state index is 11.5. The van der Waals surface area contributed by atoms with Crippen molar-refractivity contribution in [3.8, 4) is 5.75 Å². The highest BCUT2D eigenvalue weighted by Gasteiger charge is 2.12. The van der Waals surface area contributed by atoms with Gasteiger partial charge in [-0.15, -0.1) is 0 Å². The van der Waals surface area contributed by atoms with E-state index < -0.39 is 16.1 Å². The Bertz CT molecular complexity index is 828. The number of benzene rings is 2. The third-order valence-electron chi connectivity index (χ3n) is 4.00. The Hall–Kier alpha value is -1.80. The third kappa shape index (κ3) is 7.38. The first-order chi connectivity index (χ1) is 12.8. The van der Waals surface area contributed by atoms with Crippen LogP contribution in [0.3, 0.4) is 0 Å². The molecule has 0 aliphatic carbocycles. The Labute approximate surface area is 165 Å². The van der Waals surface area contributed by atoms with Gasteiger partial charge in [-0.1, -0.05) is 23.7 Å². The normalized spacial score (nSPS) is 12.6. The van der Waals surface area contributed by atoms with Crippen LogP contribution < -0.4 is 14.4 Å². The summed E-state index contributed by atoms with van der Waals surface area (Å²) >= 11 is 5.95. The maximum absolute atomic E-state index is 11.5. The number of sulfonamides is 1. The first kappa shape index (κ1) is 21.5. The molecule has 0 saturated heterocycles. The minimum absolute atomic E-state index is 0.144. The summed E-state index contributed by atoms with van der Waals surface area (Å²) in [6.07, 6.45) is 1.32. The van der Waals surface area contributed by atoms with Gasteiger partial charge in [0.15, 0.2) is 0 Å². The third-order valence-corrected chi connectivity index (χ3v) is 5.44. The van der Waals surface area contributed by atoms with Crippen molar-refractivity contribution in [1.82, 2.24) is 5.32 Å². The highest BCUT2D eigenvalue weighted by atomic mass is 35.5. The van der Waals surface area contributed by atoms with Crippen LogP contribution >= 0.6 is 11.6 Å². The summed E-state index contributed by atoms with van der Waals surface area (Å²) in [7, 11) is -1.80. The van der Waals surface area contributed by atoms with Gasteiger partial charge in [-0.25, -0.2) is 8.42 Å². The number of ether oxygens (including phenoxy) is 1. The van der Waals surface area contributed by atoms with Crippen LogP contribution in [0.1, 0.15) is 5.56 Å². The lowest BCUT2D eigenvalue weighted by Crippen LogP contribution is -2.32. The molecule has 0 amide bonds. The Balaban J connectivity index is 1.70. The van der Waals surface area contributed by atoms with E-state index in [1.807, 2.05) is 24.3 Å². The van der Waals surface area contributed by atoms with Crippen LogP contribution in [0.2, 0.25) is 5.02 Å². The Morgan fingerprint density at radius 3 is 2.56 bits per heavy atom. The first-order valence-electron chi connectivity index (χ1n) is 8.55. The minimum atomic E-state index is -3.29. The minimum Gasteiger partial charge on any atom is -0.491 e. The number of aliphatic hydroxyl groups excluding tert-OH is 1. The largest absolute Gasteiger partial charge is 0.491 e. The number of anilines is 1. The monoisotopic (exact) mass is 412 g/mol. The lowest BCUT2D eigenvalue weighted by atomic mass is 10.1. The first-order valence-corrected chi connectivity index (χ1v) is 10.8. The standard InChI is InChI=1S/C19H25ClN2O4S/c1-22(27(2,24)25)17-6-8-19(9-7-17)26-14-18(23)13-21-11-10-15-4-3-5-16(20)12-15/h3-9,12,18,21,23H,10-11,13-14H2,1-2H3/t18-/m1/s1. The number of nitrogens with one attached hydrogen (secondary N) is 1. The second kappa shape index (κ2) is 9.94. The molecule has 0 bridgehead atoms. The van der Waals surface area contributed by atoms with Crippen molar-refractivity contribution < 1.29 is 18.3 Å². The number of hydrogen-bond donors (Lipinski definition) is 2. The molecular weight excluding hydrogens is 388 g/mol. The quantitative estimate of drug-likeness (QED) is 0.585. The summed E-state index contributed by atoms with van der Waals surface area (Å²) in [5.74, 6) is 0.568. The molecule has 0 spiro atoms. The van der Waals surface area contributed by atoms with Gasteiger partial charge in [0.2, 0.25) is 10.0 Å². The van der Waals surface area contributed by atoms with Gasteiger partial charge in [-0.2, -0.15) is 0 Å². The number of halogens is 1. The fourth-order valence-electron chi connectivity index (χ4n) is 2.39. The molecule has 148 valence electrons. The van der Waals surface area contributed by atoms with Gasteiger partial charge in [0.1, 0.15) is 18.5 Å². The zero-order chi connectivity index (χ0) is 19.9. The lowest BCUT2D eigenvalue weighted by Gasteiger charge is -2.17. The fraction of sp³-hybridized carbons (Fsp3) is 0.368. The summed E-state index contributed by atoms with van der Waals surface area (Å²) in [5, 5.41) is 13.9. The smallest absolute Gasteiger partial charge is 0.231 e. The van der Waals surface area contributed by atoms with Gasteiger partial charge in [-0.05, 0) is 54.9 Å². The predicted octanol–water partition coefficient (Wildman–Crippen LogP) is 2.31. The lowest BCUT2D eigenvalue weighted by molar-refractivity contribution is 0.106. The Morgan fingerprint density at radius 1 is 1.22 bits per heavy atom. The fourth-order valence-corrected chi connectivity index (χ4v) is 3.11. The molecular formula is C19H25ClN2O4S. The summed E-state index contributed by atoms with van der Waals surface area (Å²) < 4.78 is 29.8. The van der Waals surface area contributed by atoms with Crippen molar-refractivity contribution in [2.24, 2.45) is 0 Å². The van der Waals surface area contributed by atoms with Crippen molar-refractivity contribution in [1.29, 1.82) is 0 Å². The number of rotatable bonds is 10. The highest BCUT2D eigenvalue weighted by Crippen LogP contribution is 2.20. The predicted molar refractivity (Wildman–Crippen MR) is 109 cm³/mol. The van der Waals surface area contributed by atoms with E-state index in [-0.39, 0.29) is 6.61 Å². The molecule has 0 aromatic heterocycles. The molecule has 1 atom stereocenters. The summed E-state index contributed by atoms with van der Waals surface area (Å²) in [4.78, 5) is 0. The average molecular weight is 413 g/mol. The molecule has 0 heterocycles. The molecule has 0 saturated carbocycles. The van der Waals surface area contributed by atoms with Gasteiger partial charge >= 0.3 is 0 Å². The van der Waals surface area contributed by atoms with Crippen LogP contribution in [0.15, 0.2) is 48.5 Å².